The quantitative estimate of drug-likeness (QED) is 0.838. The summed E-state index contributed by atoms with van der Waals surface area (Å²) >= 11 is 0. The fraction of sp³-hybridized carbons (Fsp3) is 0.333. The van der Waals surface area contributed by atoms with Crippen molar-refractivity contribution in [2.75, 3.05) is 0 Å². The highest BCUT2D eigenvalue weighted by atomic mass is 16.4. The Morgan fingerprint density at radius 2 is 2.38 bits per heavy atom. The van der Waals surface area contributed by atoms with Crippen molar-refractivity contribution < 1.29 is 14.3 Å². The molecule has 0 aliphatic heterocycles. The van der Waals surface area contributed by atoms with Gasteiger partial charge in [-0.25, -0.2) is 4.98 Å². The Balaban J connectivity index is 1.98. The lowest BCUT2D eigenvalue weighted by atomic mass is 10.2. The van der Waals surface area contributed by atoms with E-state index in [0.29, 0.717) is 12.3 Å². The second kappa shape index (κ2) is 3.07. The molecule has 1 fully saturated rings. The lowest BCUT2D eigenvalue weighted by Crippen LogP contribution is -1.98. The van der Waals surface area contributed by atoms with Crippen LogP contribution in [0.25, 0.3) is 11.1 Å². The van der Waals surface area contributed by atoms with Crippen LogP contribution in [0.15, 0.2) is 22.6 Å². The smallest absolute Gasteiger partial charge is 0.307 e. The van der Waals surface area contributed by atoms with Crippen LogP contribution in [-0.4, -0.2) is 16.1 Å². The van der Waals surface area contributed by atoms with Crippen LogP contribution in [0.2, 0.25) is 0 Å². The van der Waals surface area contributed by atoms with E-state index >= 15 is 0 Å². The maximum Gasteiger partial charge on any atom is 0.307 e. The van der Waals surface area contributed by atoms with Crippen LogP contribution < -0.4 is 0 Å². The molecule has 0 amide bonds. The molecule has 82 valence electrons. The molecular weight excluding hydrogens is 206 g/mol. The molecule has 1 aliphatic rings. The van der Waals surface area contributed by atoms with Gasteiger partial charge in [0.25, 0.3) is 0 Å². The number of hydrogen-bond acceptors (Lipinski definition) is 3. The number of hydrogen-bond donors (Lipinski definition) is 1. The highest BCUT2D eigenvalue weighted by Gasteiger charge is 2.47. The van der Waals surface area contributed by atoms with Crippen molar-refractivity contribution in [1.29, 1.82) is 0 Å². The summed E-state index contributed by atoms with van der Waals surface area (Å²) in [7, 11) is 0. The number of aryl methyl sites for hydroxylation is 1. The molecule has 0 bridgehead atoms. The van der Waals surface area contributed by atoms with Gasteiger partial charge in [-0.3, -0.25) is 4.79 Å². The lowest BCUT2D eigenvalue weighted by Gasteiger charge is -1.89. The number of nitrogens with zero attached hydrogens (tertiary/aromatic N) is 1. The van der Waals surface area contributed by atoms with Crippen molar-refractivity contribution in [3.63, 3.8) is 0 Å². The summed E-state index contributed by atoms with van der Waals surface area (Å²) in [6, 6.07) is 5.79. The summed E-state index contributed by atoms with van der Waals surface area (Å²) in [4.78, 5) is 15.1. The number of rotatable bonds is 2. The molecule has 1 aliphatic carbocycles. The van der Waals surface area contributed by atoms with Gasteiger partial charge in [0, 0.05) is 5.92 Å². The summed E-state index contributed by atoms with van der Waals surface area (Å²) in [6.45, 7) is 1.98. The van der Waals surface area contributed by atoms with Gasteiger partial charge in [-0.1, -0.05) is 6.07 Å². The third-order valence-electron chi connectivity index (χ3n) is 2.99. The third-order valence-corrected chi connectivity index (χ3v) is 2.99. The van der Waals surface area contributed by atoms with Gasteiger partial charge in [0.1, 0.15) is 5.52 Å². The highest BCUT2D eigenvalue weighted by Crippen LogP contribution is 2.47. The maximum atomic E-state index is 10.7. The number of carboxylic acid groups (broad SMARTS) is 1. The van der Waals surface area contributed by atoms with Crippen molar-refractivity contribution >= 4 is 17.1 Å². The summed E-state index contributed by atoms with van der Waals surface area (Å²) in [5.74, 6) is -0.546. The van der Waals surface area contributed by atoms with E-state index in [1.54, 1.807) is 0 Å². The molecule has 2 unspecified atom stereocenters. The fourth-order valence-corrected chi connectivity index (χ4v) is 1.95. The van der Waals surface area contributed by atoms with E-state index in [0.717, 1.165) is 16.7 Å². The van der Waals surface area contributed by atoms with Crippen molar-refractivity contribution in [2.45, 2.75) is 19.3 Å². The number of carbonyl (C=O) groups is 1. The van der Waals surface area contributed by atoms with Gasteiger partial charge in [0.05, 0.1) is 5.92 Å². The van der Waals surface area contributed by atoms with E-state index < -0.39 is 5.97 Å². The van der Waals surface area contributed by atoms with Crippen molar-refractivity contribution in [1.82, 2.24) is 4.98 Å². The maximum absolute atomic E-state index is 10.7. The van der Waals surface area contributed by atoms with E-state index in [2.05, 4.69) is 4.98 Å². The molecule has 4 heteroatoms. The minimum atomic E-state index is -0.761. The van der Waals surface area contributed by atoms with Crippen LogP contribution in [0.1, 0.15) is 23.8 Å². The largest absolute Gasteiger partial charge is 0.481 e. The van der Waals surface area contributed by atoms with Gasteiger partial charge < -0.3 is 9.52 Å². The van der Waals surface area contributed by atoms with E-state index in [-0.39, 0.29) is 11.8 Å². The molecule has 1 saturated carbocycles. The van der Waals surface area contributed by atoms with Gasteiger partial charge in [-0.05, 0) is 31.0 Å². The Morgan fingerprint density at radius 1 is 1.56 bits per heavy atom. The van der Waals surface area contributed by atoms with Crippen LogP contribution in [0, 0.1) is 12.8 Å². The number of benzene rings is 1. The molecule has 4 nitrogen and oxygen atoms in total. The number of fused-ring (bicyclic) bond motifs is 1. The highest BCUT2D eigenvalue weighted by molar-refractivity contribution is 5.76. The van der Waals surface area contributed by atoms with Gasteiger partial charge in [-0.15, -0.1) is 0 Å². The summed E-state index contributed by atoms with van der Waals surface area (Å²) in [6.07, 6.45) is 0.640. The Hall–Kier alpha value is -1.84. The molecule has 0 spiro atoms. The average Bonchev–Trinajstić information content (AvgIpc) is 2.93. The molecule has 0 saturated heterocycles. The molecular formula is C12H11NO3. The number of aliphatic carboxylic acids is 1. The molecule has 1 aromatic heterocycles. The summed E-state index contributed by atoms with van der Waals surface area (Å²) in [5.41, 5.74) is 2.66. The molecule has 1 aromatic carbocycles. The van der Waals surface area contributed by atoms with Crippen molar-refractivity contribution in [2.24, 2.45) is 5.92 Å². The van der Waals surface area contributed by atoms with E-state index in [9.17, 15) is 4.79 Å². The Morgan fingerprint density at radius 3 is 3.06 bits per heavy atom. The van der Waals surface area contributed by atoms with Gasteiger partial charge >= 0.3 is 5.97 Å². The SMILES string of the molecule is Cc1ccc2nc(C3CC3C(=O)O)oc2c1. The first-order chi connectivity index (χ1) is 7.65. The summed E-state index contributed by atoms with van der Waals surface area (Å²) < 4.78 is 5.58. The van der Waals surface area contributed by atoms with Crippen molar-refractivity contribution in [3.05, 3.63) is 29.7 Å². The predicted molar refractivity (Wildman–Crippen MR) is 57.2 cm³/mol. The van der Waals surface area contributed by atoms with Crippen LogP contribution in [0.5, 0.6) is 0 Å². The number of oxazole rings is 1. The topological polar surface area (TPSA) is 63.3 Å². The Bertz CT molecular complexity index is 573. The first-order valence-electron chi connectivity index (χ1n) is 5.25. The van der Waals surface area contributed by atoms with Crippen LogP contribution >= 0.6 is 0 Å². The normalized spacial score (nSPS) is 23.6. The number of aromatic nitrogens is 1. The fourth-order valence-electron chi connectivity index (χ4n) is 1.95. The monoisotopic (exact) mass is 217 g/mol. The molecule has 1 heterocycles. The van der Waals surface area contributed by atoms with Gasteiger partial charge in [0.2, 0.25) is 0 Å². The first kappa shape index (κ1) is 9.39. The predicted octanol–water partition coefficient (Wildman–Crippen LogP) is 2.32. The zero-order valence-corrected chi connectivity index (χ0v) is 8.80. The van der Waals surface area contributed by atoms with Crippen LogP contribution in [-0.2, 0) is 4.79 Å². The molecule has 1 N–H and O–H groups in total. The van der Waals surface area contributed by atoms with E-state index in [1.807, 2.05) is 25.1 Å². The average molecular weight is 217 g/mol. The zero-order chi connectivity index (χ0) is 11.3. The minimum absolute atomic E-state index is 0.0368. The van der Waals surface area contributed by atoms with E-state index in [1.165, 1.54) is 0 Å². The molecule has 16 heavy (non-hydrogen) atoms. The number of carboxylic acids is 1. The van der Waals surface area contributed by atoms with Gasteiger partial charge in [-0.2, -0.15) is 0 Å². The molecule has 2 aromatic rings. The van der Waals surface area contributed by atoms with Crippen LogP contribution in [0.4, 0.5) is 0 Å². The Labute approximate surface area is 91.9 Å². The second-order valence-electron chi connectivity index (χ2n) is 4.31. The minimum Gasteiger partial charge on any atom is -0.481 e. The standard InChI is InChI=1S/C12H11NO3/c1-6-2-3-9-10(4-6)16-11(13-9)7-5-8(7)12(14)15/h2-4,7-8H,5H2,1H3,(H,14,15). The molecule has 2 atom stereocenters. The zero-order valence-electron chi connectivity index (χ0n) is 8.80. The lowest BCUT2D eigenvalue weighted by molar-refractivity contribution is -0.138. The second-order valence-corrected chi connectivity index (χ2v) is 4.31. The third kappa shape index (κ3) is 1.38. The van der Waals surface area contributed by atoms with Gasteiger partial charge in [0.15, 0.2) is 11.5 Å². The van der Waals surface area contributed by atoms with Crippen LogP contribution in [0.3, 0.4) is 0 Å². The van der Waals surface area contributed by atoms with E-state index in [4.69, 9.17) is 9.52 Å². The summed E-state index contributed by atoms with van der Waals surface area (Å²) in [5, 5.41) is 8.83. The van der Waals surface area contributed by atoms with Crippen molar-refractivity contribution in [3.8, 4) is 0 Å². The molecule has 0 radical (unpaired) electrons. The Kier molecular flexibility index (Phi) is 1.80. The molecule has 3 rings (SSSR count). The first-order valence-corrected chi connectivity index (χ1v) is 5.25.